The van der Waals surface area contributed by atoms with Crippen LogP contribution < -0.4 is 14.8 Å². The van der Waals surface area contributed by atoms with Crippen LogP contribution in [-0.2, 0) is 0 Å². The quantitative estimate of drug-likeness (QED) is 0.790. The first kappa shape index (κ1) is 17.4. The zero-order chi connectivity index (χ0) is 16.8. The first-order chi connectivity index (χ1) is 11.0. The molecular formula is C17H17Cl2NO3. The molecule has 2 aromatic carbocycles. The van der Waals surface area contributed by atoms with Gasteiger partial charge in [-0.25, -0.2) is 0 Å². The van der Waals surface area contributed by atoms with Crippen molar-refractivity contribution in [2.45, 2.75) is 13.8 Å². The fraction of sp³-hybridized carbons (Fsp3) is 0.235. The molecule has 2 aromatic rings. The van der Waals surface area contributed by atoms with Gasteiger partial charge in [0.15, 0.2) is 11.5 Å². The topological polar surface area (TPSA) is 47.6 Å². The number of anilines is 1. The molecule has 0 fully saturated rings. The number of ether oxygens (including phenoxy) is 2. The van der Waals surface area contributed by atoms with Crippen molar-refractivity contribution in [3.8, 4) is 11.5 Å². The molecule has 0 unspecified atom stereocenters. The van der Waals surface area contributed by atoms with Gasteiger partial charge in [0.25, 0.3) is 5.91 Å². The number of hydrogen-bond donors (Lipinski definition) is 1. The molecule has 0 radical (unpaired) electrons. The second-order valence-electron chi connectivity index (χ2n) is 4.64. The van der Waals surface area contributed by atoms with E-state index in [4.69, 9.17) is 32.7 Å². The maximum absolute atomic E-state index is 12.4. The van der Waals surface area contributed by atoms with Gasteiger partial charge in [-0.1, -0.05) is 23.2 Å². The molecule has 4 nitrogen and oxygen atoms in total. The lowest BCUT2D eigenvalue weighted by Gasteiger charge is -2.12. The van der Waals surface area contributed by atoms with E-state index < -0.39 is 0 Å². The van der Waals surface area contributed by atoms with Gasteiger partial charge in [0.05, 0.1) is 13.2 Å². The van der Waals surface area contributed by atoms with E-state index >= 15 is 0 Å². The molecule has 0 atom stereocenters. The van der Waals surface area contributed by atoms with Crippen molar-refractivity contribution < 1.29 is 14.3 Å². The van der Waals surface area contributed by atoms with Crippen LogP contribution in [0.5, 0.6) is 11.5 Å². The van der Waals surface area contributed by atoms with Gasteiger partial charge in [-0.05, 0) is 50.2 Å². The fourth-order valence-electron chi connectivity index (χ4n) is 2.02. The van der Waals surface area contributed by atoms with Gasteiger partial charge in [0.2, 0.25) is 0 Å². The lowest BCUT2D eigenvalue weighted by molar-refractivity contribution is 0.102. The van der Waals surface area contributed by atoms with Gasteiger partial charge in [-0.3, -0.25) is 4.79 Å². The zero-order valence-electron chi connectivity index (χ0n) is 12.9. The van der Waals surface area contributed by atoms with Crippen LogP contribution in [0.2, 0.25) is 10.0 Å². The summed E-state index contributed by atoms with van der Waals surface area (Å²) in [5.74, 6) is 0.857. The van der Waals surface area contributed by atoms with Gasteiger partial charge in [0.1, 0.15) is 0 Å². The molecule has 6 heteroatoms. The van der Waals surface area contributed by atoms with Crippen LogP contribution in [0.3, 0.4) is 0 Å². The zero-order valence-corrected chi connectivity index (χ0v) is 14.4. The second-order valence-corrected chi connectivity index (χ2v) is 5.51. The van der Waals surface area contributed by atoms with Crippen LogP contribution in [0.25, 0.3) is 0 Å². The Bertz CT molecular complexity index is 684. The smallest absolute Gasteiger partial charge is 0.255 e. The van der Waals surface area contributed by atoms with Gasteiger partial charge in [-0.2, -0.15) is 0 Å². The van der Waals surface area contributed by atoms with E-state index in [0.717, 1.165) is 0 Å². The summed E-state index contributed by atoms with van der Waals surface area (Å²) in [5, 5.41) is 3.66. The summed E-state index contributed by atoms with van der Waals surface area (Å²) in [6.45, 7) is 4.76. The molecule has 0 aromatic heterocycles. The van der Waals surface area contributed by atoms with Crippen molar-refractivity contribution in [3.05, 3.63) is 52.0 Å². The van der Waals surface area contributed by atoms with Crippen LogP contribution in [0, 0.1) is 0 Å². The van der Waals surface area contributed by atoms with E-state index in [1.54, 1.807) is 36.4 Å². The Hall–Kier alpha value is -1.91. The number of amides is 1. The molecule has 2 rings (SSSR count). The normalized spacial score (nSPS) is 10.3. The predicted octanol–water partition coefficient (Wildman–Crippen LogP) is 5.04. The number of nitrogens with one attached hydrogen (secondary N) is 1. The number of rotatable bonds is 6. The minimum absolute atomic E-state index is 0.285. The molecular weight excluding hydrogens is 337 g/mol. The molecule has 122 valence electrons. The highest BCUT2D eigenvalue weighted by atomic mass is 35.5. The molecule has 0 bridgehead atoms. The maximum Gasteiger partial charge on any atom is 0.255 e. The summed E-state index contributed by atoms with van der Waals surface area (Å²) >= 11 is 11.9. The third-order valence-corrected chi connectivity index (χ3v) is 3.36. The molecule has 0 saturated carbocycles. The molecule has 0 saturated heterocycles. The summed E-state index contributed by atoms with van der Waals surface area (Å²) in [5.41, 5.74) is 0.979. The van der Waals surface area contributed by atoms with Gasteiger partial charge < -0.3 is 14.8 Å². The summed E-state index contributed by atoms with van der Waals surface area (Å²) in [7, 11) is 0. The highest BCUT2D eigenvalue weighted by Gasteiger charge is 2.12. The van der Waals surface area contributed by atoms with Crippen LogP contribution in [0.4, 0.5) is 5.69 Å². The first-order valence-electron chi connectivity index (χ1n) is 7.20. The highest BCUT2D eigenvalue weighted by Crippen LogP contribution is 2.29. The molecule has 23 heavy (non-hydrogen) atoms. The third kappa shape index (κ3) is 4.78. The van der Waals surface area contributed by atoms with Crippen molar-refractivity contribution in [3.63, 3.8) is 0 Å². The Morgan fingerprint density at radius 2 is 1.57 bits per heavy atom. The second kappa shape index (κ2) is 8.09. The summed E-state index contributed by atoms with van der Waals surface area (Å²) in [6, 6.07) is 9.90. The fourth-order valence-corrected chi connectivity index (χ4v) is 2.55. The van der Waals surface area contributed by atoms with Crippen molar-refractivity contribution in [1.29, 1.82) is 0 Å². The van der Waals surface area contributed by atoms with E-state index in [9.17, 15) is 4.79 Å². The van der Waals surface area contributed by atoms with E-state index in [-0.39, 0.29) is 5.91 Å². The van der Waals surface area contributed by atoms with Gasteiger partial charge in [-0.15, -0.1) is 0 Å². The number of carbonyl (C=O) groups is 1. The summed E-state index contributed by atoms with van der Waals surface area (Å²) < 4.78 is 11.0. The molecule has 0 aliphatic carbocycles. The third-order valence-electron chi connectivity index (χ3n) is 2.93. The Balaban J connectivity index is 2.23. The van der Waals surface area contributed by atoms with Crippen molar-refractivity contribution in [1.82, 2.24) is 0 Å². The summed E-state index contributed by atoms with van der Waals surface area (Å²) in [4.78, 5) is 12.4. The molecule has 0 heterocycles. The molecule has 0 spiro atoms. The number of halogens is 2. The van der Waals surface area contributed by atoms with E-state index in [2.05, 4.69) is 5.32 Å². The van der Waals surface area contributed by atoms with Crippen LogP contribution >= 0.6 is 23.2 Å². The van der Waals surface area contributed by atoms with Crippen LogP contribution in [-0.4, -0.2) is 19.1 Å². The predicted molar refractivity (Wildman–Crippen MR) is 93.2 cm³/mol. The van der Waals surface area contributed by atoms with Crippen molar-refractivity contribution in [2.24, 2.45) is 0 Å². The minimum Gasteiger partial charge on any atom is -0.490 e. The molecule has 1 N–H and O–H groups in total. The lowest BCUT2D eigenvalue weighted by atomic mass is 10.2. The monoisotopic (exact) mass is 353 g/mol. The van der Waals surface area contributed by atoms with E-state index in [1.165, 1.54) is 0 Å². The number of hydrogen-bond acceptors (Lipinski definition) is 3. The van der Waals surface area contributed by atoms with E-state index in [1.807, 2.05) is 13.8 Å². The van der Waals surface area contributed by atoms with Crippen LogP contribution in [0.1, 0.15) is 24.2 Å². The lowest BCUT2D eigenvalue weighted by Crippen LogP contribution is -2.12. The average molecular weight is 354 g/mol. The van der Waals surface area contributed by atoms with Gasteiger partial charge in [0, 0.05) is 21.3 Å². The number of carbonyl (C=O) groups excluding carboxylic acids is 1. The van der Waals surface area contributed by atoms with Crippen LogP contribution in [0.15, 0.2) is 36.4 Å². The minimum atomic E-state index is -0.285. The highest BCUT2D eigenvalue weighted by molar-refractivity contribution is 6.35. The maximum atomic E-state index is 12.4. The standard InChI is InChI=1S/C17H17Cl2NO3/c1-3-22-15-6-5-11(7-16(15)23-4-2)17(21)20-14-9-12(18)8-13(19)10-14/h5-10H,3-4H2,1-2H3,(H,20,21). The van der Waals surface area contributed by atoms with Crippen molar-refractivity contribution >= 4 is 34.8 Å². The number of benzene rings is 2. The Kier molecular flexibility index (Phi) is 6.13. The Morgan fingerprint density at radius 3 is 2.17 bits per heavy atom. The first-order valence-corrected chi connectivity index (χ1v) is 7.96. The SMILES string of the molecule is CCOc1ccc(C(=O)Nc2cc(Cl)cc(Cl)c2)cc1OCC. The van der Waals surface area contributed by atoms with E-state index in [0.29, 0.717) is 46.0 Å². The van der Waals surface area contributed by atoms with Gasteiger partial charge >= 0.3 is 0 Å². The van der Waals surface area contributed by atoms with Crippen molar-refractivity contribution in [2.75, 3.05) is 18.5 Å². The summed E-state index contributed by atoms with van der Waals surface area (Å²) in [6.07, 6.45) is 0. The Labute approximate surface area is 145 Å². The molecule has 0 aliphatic heterocycles. The molecule has 0 aliphatic rings. The Morgan fingerprint density at radius 1 is 0.957 bits per heavy atom. The molecule has 1 amide bonds. The average Bonchev–Trinajstić information content (AvgIpc) is 2.48. The largest absolute Gasteiger partial charge is 0.490 e.